The number of hydrogen-bond acceptors (Lipinski definition) is 16. The molecule has 0 radical (unpaired) electrons. The van der Waals surface area contributed by atoms with Crippen molar-refractivity contribution < 1.29 is 28.8 Å². The Morgan fingerprint density at radius 2 is 1.61 bits per heavy atom. The van der Waals surface area contributed by atoms with Gasteiger partial charge in [0, 0.05) is 82.1 Å². The lowest BCUT2D eigenvalue weighted by molar-refractivity contribution is -0.158. The van der Waals surface area contributed by atoms with Crippen LogP contribution in [0.4, 0.5) is 17.3 Å². The number of hydrogen-bond donors (Lipinski definition) is 3. The molecule has 420 valence electrons. The second kappa shape index (κ2) is 22.4. The number of anilines is 3. The van der Waals surface area contributed by atoms with Gasteiger partial charge in [-0.1, -0.05) is 55.4 Å². The summed E-state index contributed by atoms with van der Waals surface area (Å²) in [5, 5.41) is 26.8. The van der Waals surface area contributed by atoms with E-state index in [1.807, 2.05) is 57.5 Å². The standard InChI is InChI=1S/C60H78N12O6S/c1-37(2)54(59(76)71-21-7-9-48(71)57(74)63-38(3)41-11-13-42(14-12-41)55-39(4)62-36-79-55)51-29-53(66-78-51)68-22-17-40(18-23-68)32-67-24-19-60(20-25-67)30-45(31-60)69-26-27-77-52(35-69)58(75)72-43-15-16-44(72)34-70(33-43)49-28-47(64-65-56(49)61)46-8-5-6-10-50(46)73/h5-6,8,10-14,28-29,36-38,40,43-45,48,52,54,73H,7,9,15-27,30-35H2,1-4H3,(H2,61,65)(H,63,74)/t38-,43?,44?,48?,52+,54?/m0/s1. The lowest BCUT2D eigenvalue weighted by Crippen LogP contribution is -2.63. The summed E-state index contributed by atoms with van der Waals surface area (Å²) in [5.74, 6) is 1.84. The van der Waals surface area contributed by atoms with E-state index in [0.717, 1.165) is 105 Å². The molecule has 6 atom stereocenters. The minimum Gasteiger partial charge on any atom is -0.507 e. The van der Waals surface area contributed by atoms with Crippen LogP contribution in [0.5, 0.6) is 5.75 Å². The number of carbonyl (C=O) groups excluding carboxylic acids is 3. The third kappa shape index (κ3) is 10.8. The first-order valence-electron chi connectivity index (χ1n) is 29.2. The van der Waals surface area contributed by atoms with Crippen LogP contribution in [-0.2, 0) is 19.1 Å². The Kier molecular flexibility index (Phi) is 15.2. The van der Waals surface area contributed by atoms with Crippen LogP contribution in [0.25, 0.3) is 21.7 Å². The fourth-order valence-electron chi connectivity index (χ4n) is 14.5. The molecular weight excluding hydrogens is 1020 g/mol. The number of fused-ring (bicyclic) bond motifs is 2. The number of para-hydroxylation sites is 1. The highest BCUT2D eigenvalue weighted by molar-refractivity contribution is 7.13. The van der Waals surface area contributed by atoms with Crippen molar-refractivity contribution in [1.82, 2.24) is 45.3 Å². The lowest BCUT2D eigenvalue weighted by Gasteiger charge is -2.56. The van der Waals surface area contributed by atoms with Gasteiger partial charge in [-0.2, -0.15) is 0 Å². The van der Waals surface area contributed by atoms with Crippen LogP contribution in [0, 0.1) is 24.2 Å². The van der Waals surface area contributed by atoms with Crippen LogP contribution in [-0.4, -0.2) is 165 Å². The number of aromatic hydroxyl groups is 1. The van der Waals surface area contributed by atoms with Gasteiger partial charge in [-0.25, -0.2) is 4.98 Å². The van der Waals surface area contributed by atoms with Gasteiger partial charge in [0.25, 0.3) is 5.91 Å². The number of nitrogens with zero attached hydrogens (tertiary/aromatic N) is 10. The molecule has 18 nitrogen and oxygen atoms in total. The summed E-state index contributed by atoms with van der Waals surface area (Å²) in [5.41, 5.74) is 13.8. The molecule has 5 aromatic rings. The zero-order valence-corrected chi connectivity index (χ0v) is 47.2. The number of amides is 3. The normalized spacial score (nSPS) is 24.8. The zero-order chi connectivity index (χ0) is 54.5. The number of benzene rings is 2. The van der Waals surface area contributed by atoms with Gasteiger partial charge < -0.3 is 49.9 Å². The van der Waals surface area contributed by atoms with E-state index in [1.165, 1.54) is 25.7 Å². The number of piperazine rings is 1. The van der Waals surface area contributed by atoms with E-state index in [4.69, 9.17) is 15.0 Å². The van der Waals surface area contributed by atoms with E-state index in [1.54, 1.807) is 28.4 Å². The number of nitrogens with one attached hydrogen (secondary N) is 1. The number of ether oxygens (including phenoxy) is 1. The van der Waals surface area contributed by atoms with E-state index in [0.29, 0.717) is 79.4 Å². The summed E-state index contributed by atoms with van der Waals surface area (Å²) in [7, 11) is 0. The van der Waals surface area contributed by atoms with Gasteiger partial charge in [0.2, 0.25) is 11.8 Å². The van der Waals surface area contributed by atoms with E-state index in [2.05, 4.69) is 74.4 Å². The van der Waals surface area contributed by atoms with Gasteiger partial charge in [0.05, 0.1) is 40.1 Å². The van der Waals surface area contributed by atoms with Crippen LogP contribution in [0.15, 0.2) is 70.7 Å². The minimum atomic E-state index is -0.531. The molecule has 19 heteroatoms. The third-order valence-electron chi connectivity index (χ3n) is 19.0. The number of rotatable bonds is 14. The molecule has 4 N–H and O–H groups in total. The Balaban J connectivity index is 0.578. The monoisotopic (exact) mass is 1090 g/mol. The fourth-order valence-corrected chi connectivity index (χ4v) is 15.3. The summed E-state index contributed by atoms with van der Waals surface area (Å²) < 4.78 is 12.3. The minimum absolute atomic E-state index is 0.0396. The first-order chi connectivity index (χ1) is 38.3. The average molecular weight is 1100 g/mol. The fraction of sp³-hybridized carbons (Fsp3) is 0.583. The SMILES string of the molecule is Cc1ncsc1-c1ccc([C@H](C)NC(=O)C2CCCN2C(=O)C(c2cc(N3CCC(CN4CCC5(CC4)CC(N4CCO[C@@H](C(=O)N6C7CCC6CN(c6cc(-c8ccccc8O)nnc6N)C7)C4)C5)CC3)no2)C(C)C)cc1. The maximum atomic E-state index is 14.4. The van der Waals surface area contributed by atoms with Gasteiger partial charge in [-0.3, -0.25) is 19.3 Å². The second-order valence-electron chi connectivity index (χ2n) is 24.3. The number of likely N-dealkylation sites (tertiary alicyclic amines) is 2. The van der Waals surface area contributed by atoms with Crippen molar-refractivity contribution in [3.05, 3.63) is 83.2 Å². The summed E-state index contributed by atoms with van der Waals surface area (Å²) in [4.78, 5) is 61.8. The summed E-state index contributed by atoms with van der Waals surface area (Å²) in [6.45, 7) is 17.3. The lowest BCUT2D eigenvalue weighted by atomic mass is 9.60. The molecule has 7 aliphatic rings. The number of nitrogen functional groups attached to an aromatic ring is 1. The zero-order valence-electron chi connectivity index (χ0n) is 46.3. The van der Waals surface area contributed by atoms with Gasteiger partial charge in [0.15, 0.2) is 17.4 Å². The number of phenolic OH excluding ortho intramolecular Hbond substituents is 1. The average Bonchev–Trinajstić information content (AvgIpc) is 4.42. The van der Waals surface area contributed by atoms with Crippen molar-refractivity contribution in [3.63, 3.8) is 0 Å². The highest BCUT2D eigenvalue weighted by Gasteiger charge is 2.51. The molecule has 7 fully saturated rings. The van der Waals surface area contributed by atoms with Crippen LogP contribution >= 0.6 is 11.3 Å². The summed E-state index contributed by atoms with van der Waals surface area (Å²) in [6.07, 6.45) is 9.90. The maximum absolute atomic E-state index is 14.4. The number of phenols is 1. The Bertz CT molecular complexity index is 2970. The smallest absolute Gasteiger partial charge is 0.253 e. The molecule has 1 spiro atoms. The second-order valence-corrected chi connectivity index (χ2v) is 25.2. The van der Waals surface area contributed by atoms with Crippen molar-refractivity contribution in [3.8, 4) is 27.4 Å². The first kappa shape index (κ1) is 53.5. The molecule has 6 aliphatic heterocycles. The van der Waals surface area contributed by atoms with E-state index in [9.17, 15) is 19.5 Å². The van der Waals surface area contributed by atoms with E-state index < -0.39 is 18.1 Å². The van der Waals surface area contributed by atoms with Crippen molar-refractivity contribution in [2.75, 3.05) is 87.6 Å². The maximum Gasteiger partial charge on any atom is 0.253 e. The molecule has 4 unspecified atom stereocenters. The molecule has 2 bridgehead atoms. The Morgan fingerprint density at radius 3 is 2.32 bits per heavy atom. The van der Waals surface area contributed by atoms with Crippen molar-refractivity contribution in [2.45, 2.75) is 134 Å². The number of aryl methyl sites for hydroxylation is 1. The van der Waals surface area contributed by atoms with E-state index >= 15 is 0 Å². The van der Waals surface area contributed by atoms with E-state index in [-0.39, 0.29) is 47.5 Å². The van der Waals surface area contributed by atoms with Gasteiger partial charge >= 0.3 is 0 Å². The quantitative estimate of drug-likeness (QED) is 0.0986. The van der Waals surface area contributed by atoms with Crippen LogP contribution in [0.1, 0.15) is 114 Å². The number of piperidine rings is 2. The summed E-state index contributed by atoms with van der Waals surface area (Å²) in [6, 6.07) is 19.2. The van der Waals surface area contributed by atoms with Crippen LogP contribution < -0.4 is 20.9 Å². The Hall–Kier alpha value is -6.15. The molecule has 79 heavy (non-hydrogen) atoms. The molecule has 3 aromatic heterocycles. The summed E-state index contributed by atoms with van der Waals surface area (Å²) >= 11 is 1.62. The van der Waals surface area contributed by atoms with Crippen molar-refractivity contribution >= 4 is 46.4 Å². The predicted molar refractivity (Wildman–Crippen MR) is 304 cm³/mol. The molecular formula is C60H78N12O6S. The van der Waals surface area contributed by atoms with Crippen molar-refractivity contribution in [2.24, 2.45) is 17.3 Å². The first-order valence-corrected chi connectivity index (χ1v) is 30.1. The number of morpholine rings is 1. The molecule has 2 aromatic carbocycles. The predicted octanol–water partition coefficient (Wildman–Crippen LogP) is 7.50. The molecule has 6 saturated heterocycles. The molecule has 12 rings (SSSR count). The van der Waals surface area contributed by atoms with Crippen LogP contribution in [0.2, 0.25) is 0 Å². The number of carbonyl (C=O) groups is 3. The number of nitrogens with two attached hydrogens (primary N) is 1. The topological polar surface area (TPSA) is 203 Å². The molecule has 9 heterocycles. The van der Waals surface area contributed by atoms with Crippen molar-refractivity contribution in [1.29, 1.82) is 0 Å². The van der Waals surface area contributed by atoms with Gasteiger partial charge in [0.1, 0.15) is 23.8 Å². The highest BCUT2D eigenvalue weighted by atomic mass is 32.1. The van der Waals surface area contributed by atoms with Gasteiger partial charge in [-0.05, 0) is 138 Å². The van der Waals surface area contributed by atoms with Gasteiger partial charge in [-0.15, -0.1) is 21.5 Å². The number of thiazole rings is 1. The van der Waals surface area contributed by atoms with Crippen LogP contribution in [0.3, 0.4) is 0 Å². The third-order valence-corrected chi connectivity index (χ3v) is 20.0. The highest BCUT2D eigenvalue weighted by Crippen LogP contribution is 2.51. The molecule has 1 aliphatic carbocycles. The molecule has 3 amide bonds. The molecule has 1 saturated carbocycles. The number of aromatic nitrogens is 4. The Labute approximate surface area is 468 Å². The Morgan fingerprint density at radius 1 is 0.861 bits per heavy atom. The largest absolute Gasteiger partial charge is 0.507 e.